The first-order chi connectivity index (χ1) is 13.1. The van der Waals surface area contributed by atoms with E-state index in [9.17, 15) is 10.1 Å². The minimum atomic E-state index is -0.413. The van der Waals surface area contributed by atoms with Crippen LogP contribution in [0.2, 0.25) is 0 Å². The van der Waals surface area contributed by atoms with Crippen molar-refractivity contribution in [3.8, 4) is 23.1 Å². The van der Waals surface area contributed by atoms with Gasteiger partial charge in [0.25, 0.3) is 5.56 Å². The van der Waals surface area contributed by atoms with Crippen LogP contribution in [0.15, 0.2) is 28.2 Å². The molecule has 0 aliphatic heterocycles. The number of aromatic amines is 1. The lowest BCUT2D eigenvalue weighted by Gasteiger charge is -2.21. The van der Waals surface area contributed by atoms with E-state index in [2.05, 4.69) is 35.6 Å². The van der Waals surface area contributed by atoms with Crippen molar-refractivity contribution in [2.45, 2.75) is 38.9 Å². The summed E-state index contributed by atoms with van der Waals surface area (Å²) in [5.74, 6) is 0.834. The number of nitrogens with one attached hydrogen (secondary N) is 1. The smallest absolute Gasteiger partial charge is 0.270 e. The molecule has 1 aromatic carbocycles. The maximum Gasteiger partial charge on any atom is 0.270 e. The molecule has 2 aromatic rings. The lowest BCUT2D eigenvalue weighted by Crippen LogP contribution is -2.22. The zero-order chi connectivity index (χ0) is 19.8. The van der Waals surface area contributed by atoms with E-state index >= 15 is 0 Å². The van der Waals surface area contributed by atoms with Crippen LogP contribution in [0.4, 0.5) is 0 Å². The largest absolute Gasteiger partial charge is 0.493 e. The van der Waals surface area contributed by atoms with Crippen molar-refractivity contribution in [1.82, 2.24) is 14.9 Å². The topological polar surface area (TPSA) is 82.0 Å². The molecule has 7 heteroatoms. The van der Waals surface area contributed by atoms with Crippen LogP contribution < -0.4 is 10.3 Å². The normalized spacial score (nSPS) is 10.8. The van der Waals surface area contributed by atoms with Gasteiger partial charge in [-0.2, -0.15) is 5.26 Å². The molecule has 2 rings (SSSR count). The summed E-state index contributed by atoms with van der Waals surface area (Å²) < 4.78 is 5.91. The fraction of sp³-hybridized carbons (Fsp3) is 0.450. The van der Waals surface area contributed by atoms with Gasteiger partial charge in [-0.05, 0) is 44.0 Å². The monoisotopic (exact) mass is 386 g/mol. The van der Waals surface area contributed by atoms with Gasteiger partial charge in [0.05, 0.1) is 12.3 Å². The molecule has 0 atom stereocenters. The number of aromatic nitrogens is 2. The van der Waals surface area contributed by atoms with Crippen LogP contribution in [0, 0.1) is 11.3 Å². The molecule has 1 heterocycles. The molecular weight excluding hydrogens is 360 g/mol. The average molecular weight is 387 g/mol. The second-order valence-corrected chi connectivity index (χ2v) is 6.84. The Bertz CT molecular complexity index is 869. The third kappa shape index (κ3) is 5.12. The fourth-order valence-corrected chi connectivity index (χ4v) is 3.13. The lowest BCUT2D eigenvalue weighted by molar-refractivity contribution is 0.277. The number of thioether (sulfide) groups is 1. The van der Waals surface area contributed by atoms with Crippen LogP contribution >= 0.6 is 11.8 Å². The van der Waals surface area contributed by atoms with Gasteiger partial charge in [0.2, 0.25) is 0 Å². The van der Waals surface area contributed by atoms with Crippen molar-refractivity contribution in [3.05, 3.63) is 39.7 Å². The van der Waals surface area contributed by atoms with Gasteiger partial charge in [-0.25, -0.2) is 4.98 Å². The van der Waals surface area contributed by atoms with Crippen LogP contribution in [0.1, 0.15) is 38.3 Å². The number of hydrogen-bond donors (Lipinski definition) is 1. The molecule has 0 radical (unpaired) electrons. The van der Waals surface area contributed by atoms with Gasteiger partial charge in [0.15, 0.2) is 5.16 Å². The van der Waals surface area contributed by atoms with Gasteiger partial charge in [-0.3, -0.25) is 9.69 Å². The zero-order valence-electron chi connectivity index (χ0n) is 16.3. The molecule has 144 valence electrons. The van der Waals surface area contributed by atoms with E-state index in [1.807, 2.05) is 30.5 Å². The van der Waals surface area contributed by atoms with Gasteiger partial charge in [-0.15, -0.1) is 0 Å². The molecular formula is C20H26N4O2S. The summed E-state index contributed by atoms with van der Waals surface area (Å²) in [6, 6.07) is 7.74. The standard InChI is InChI=1S/C20H26N4O2S/c1-5-10-26-17-9-8-14(11-15(17)13-24(6-2)7-3)18-16(12-21)19(25)23-20(22-18)27-4/h8-9,11H,5-7,10,13H2,1-4H3,(H,22,23,25). The van der Waals surface area contributed by atoms with Crippen molar-refractivity contribution in [2.75, 3.05) is 26.0 Å². The highest BCUT2D eigenvalue weighted by Gasteiger charge is 2.16. The molecule has 1 aromatic heterocycles. The van der Waals surface area contributed by atoms with Crippen LogP contribution in [-0.2, 0) is 6.54 Å². The Labute approximate surface area is 164 Å². The Morgan fingerprint density at radius 3 is 2.63 bits per heavy atom. The molecule has 0 bridgehead atoms. The van der Waals surface area contributed by atoms with Gasteiger partial charge in [0.1, 0.15) is 17.4 Å². The van der Waals surface area contributed by atoms with Crippen molar-refractivity contribution < 1.29 is 4.74 Å². The minimum absolute atomic E-state index is 0.0313. The third-order valence-corrected chi connectivity index (χ3v) is 4.87. The second-order valence-electron chi connectivity index (χ2n) is 6.04. The lowest BCUT2D eigenvalue weighted by atomic mass is 10.0. The minimum Gasteiger partial charge on any atom is -0.493 e. The van der Waals surface area contributed by atoms with Crippen LogP contribution in [0.3, 0.4) is 0 Å². The fourth-order valence-electron chi connectivity index (χ4n) is 2.75. The Morgan fingerprint density at radius 1 is 1.30 bits per heavy atom. The zero-order valence-corrected chi connectivity index (χ0v) is 17.2. The first-order valence-corrected chi connectivity index (χ1v) is 10.4. The third-order valence-electron chi connectivity index (χ3n) is 4.29. The summed E-state index contributed by atoms with van der Waals surface area (Å²) in [4.78, 5) is 21.6. The summed E-state index contributed by atoms with van der Waals surface area (Å²) >= 11 is 1.34. The predicted molar refractivity (Wildman–Crippen MR) is 109 cm³/mol. The van der Waals surface area contributed by atoms with E-state index in [-0.39, 0.29) is 5.56 Å². The number of H-pyrrole nitrogens is 1. The molecule has 0 fully saturated rings. The molecule has 0 aliphatic carbocycles. The highest BCUT2D eigenvalue weighted by atomic mass is 32.2. The van der Waals surface area contributed by atoms with Gasteiger partial charge in [0, 0.05) is 17.7 Å². The van der Waals surface area contributed by atoms with Crippen molar-refractivity contribution in [2.24, 2.45) is 0 Å². The molecule has 0 saturated heterocycles. The Kier molecular flexibility index (Phi) is 7.89. The Hall–Kier alpha value is -2.30. The number of nitrogens with zero attached hydrogens (tertiary/aromatic N) is 3. The van der Waals surface area contributed by atoms with E-state index < -0.39 is 5.56 Å². The summed E-state index contributed by atoms with van der Waals surface area (Å²) in [6.07, 6.45) is 2.76. The highest BCUT2D eigenvalue weighted by Crippen LogP contribution is 2.29. The van der Waals surface area contributed by atoms with Gasteiger partial charge in [-0.1, -0.05) is 32.5 Å². The Morgan fingerprint density at radius 2 is 2.04 bits per heavy atom. The molecule has 0 aliphatic rings. The summed E-state index contributed by atoms with van der Waals surface area (Å²) in [5.41, 5.74) is 1.81. The first kappa shape index (κ1) is 21.0. The quantitative estimate of drug-likeness (QED) is 0.523. The van der Waals surface area contributed by atoms with E-state index in [0.29, 0.717) is 17.5 Å². The van der Waals surface area contributed by atoms with Crippen LogP contribution in [0.5, 0.6) is 5.75 Å². The van der Waals surface area contributed by atoms with E-state index in [1.54, 1.807) is 0 Å². The van der Waals surface area contributed by atoms with E-state index in [4.69, 9.17) is 4.74 Å². The number of ether oxygens (including phenoxy) is 1. The maximum atomic E-state index is 12.2. The highest BCUT2D eigenvalue weighted by molar-refractivity contribution is 7.98. The van der Waals surface area contributed by atoms with Crippen molar-refractivity contribution >= 4 is 11.8 Å². The average Bonchev–Trinajstić information content (AvgIpc) is 2.70. The van der Waals surface area contributed by atoms with E-state index in [0.717, 1.165) is 42.9 Å². The molecule has 27 heavy (non-hydrogen) atoms. The summed E-state index contributed by atoms with van der Waals surface area (Å²) in [5, 5.41) is 9.93. The number of benzene rings is 1. The molecule has 0 saturated carbocycles. The van der Waals surface area contributed by atoms with Gasteiger partial charge >= 0.3 is 0 Å². The van der Waals surface area contributed by atoms with Crippen LogP contribution in [-0.4, -0.2) is 40.8 Å². The molecule has 0 spiro atoms. The van der Waals surface area contributed by atoms with Crippen molar-refractivity contribution in [1.29, 1.82) is 5.26 Å². The summed E-state index contributed by atoms with van der Waals surface area (Å²) in [7, 11) is 0. The van der Waals surface area contributed by atoms with E-state index in [1.165, 1.54) is 11.8 Å². The predicted octanol–water partition coefficient (Wildman–Crippen LogP) is 3.66. The first-order valence-electron chi connectivity index (χ1n) is 9.14. The number of nitriles is 1. The SMILES string of the molecule is CCCOc1ccc(-c2nc(SC)[nH]c(=O)c2C#N)cc1CN(CC)CC. The summed E-state index contributed by atoms with van der Waals surface area (Å²) in [6.45, 7) is 9.55. The maximum absolute atomic E-state index is 12.2. The molecule has 6 nitrogen and oxygen atoms in total. The second kappa shape index (κ2) is 10.1. The molecule has 0 amide bonds. The molecule has 1 N–H and O–H groups in total. The molecule has 0 unspecified atom stereocenters. The number of rotatable bonds is 9. The van der Waals surface area contributed by atoms with Crippen LogP contribution in [0.25, 0.3) is 11.3 Å². The van der Waals surface area contributed by atoms with Crippen molar-refractivity contribution in [3.63, 3.8) is 0 Å². The van der Waals surface area contributed by atoms with Gasteiger partial charge < -0.3 is 9.72 Å². The Balaban J connectivity index is 2.57. The number of hydrogen-bond acceptors (Lipinski definition) is 6.